The molecule has 4 aromatic rings. The molecule has 0 bridgehead atoms. The molecule has 0 saturated heterocycles. The number of nitrogens with zero attached hydrogens (tertiary/aromatic N) is 2. The van der Waals surface area contributed by atoms with E-state index in [0.717, 1.165) is 11.4 Å². The number of rotatable bonds is 5. The standard InChI is InChI=1S/C23H18N4O3/c1-15-12-21(25-14-24-15)26-17-7-9-18(10-8-17)27-22(28)11-6-16-13-30-20-5-3-2-4-19(20)23(16)29/h2-14H,1H3,(H,27,28)(H,24,25,26)/b11-6+. The van der Waals surface area contributed by atoms with Crippen molar-refractivity contribution >= 4 is 40.1 Å². The van der Waals surface area contributed by atoms with Gasteiger partial charge < -0.3 is 15.1 Å². The summed E-state index contributed by atoms with van der Waals surface area (Å²) in [7, 11) is 0. The fourth-order valence-corrected chi connectivity index (χ4v) is 2.87. The summed E-state index contributed by atoms with van der Waals surface area (Å²) in [5.74, 6) is 0.339. The van der Waals surface area contributed by atoms with E-state index >= 15 is 0 Å². The average molecular weight is 398 g/mol. The Labute approximate surface area is 172 Å². The van der Waals surface area contributed by atoms with Crippen molar-refractivity contribution < 1.29 is 9.21 Å². The molecule has 0 saturated carbocycles. The number of carbonyl (C=O) groups excluding carboxylic acids is 1. The fraction of sp³-hybridized carbons (Fsp3) is 0.0435. The quantitative estimate of drug-likeness (QED) is 0.487. The first kappa shape index (κ1) is 19.1. The minimum Gasteiger partial charge on any atom is -0.463 e. The van der Waals surface area contributed by atoms with E-state index in [-0.39, 0.29) is 11.3 Å². The Morgan fingerprint density at radius 2 is 1.80 bits per heavy atom. The first-order valence-electron chi connectivity index (χ1n) is 9.24. The number of aryl methyl sites for hydroxylation is 1. The third-order valence-corrected chi connectivity index (χ3v) is 4.35. The number of anilines is 3. The van der Waals surface area contributed by atoms with Crippen molar-refractivity contribution in [3.63, 3.8) is 0 Å². The second-order valence-electron chi connectivity index (χ2n) is 6.59. The summed E-state index contributed by atoms with van der Waals surface area (Å²) >= 11 is 0. The van der Waals surface area contributed by atoms with Gasteiger partial charge in [-0.1, -0.05) is 12.1 Å². The summed E-state index contributed by atoms with van der Waals surface area (Å²) in [5, 5.41) is 6.40. The Morgan fingerprint density at radius 3 is 2.60 bits per heavy atom. The van der Waals surface area contributed by atoms with Crippen LogP contribution >= 0.6 is 0 Å². The zero-order chi connectivity index (χ0) is 20.9. The number of hydrogen-bond donors (Lipinski definition) is 2. The van der Waals surface area contributed by atoms with Gasteiger partial charge in [0, 0.05) is 29.2 Å². The van der Waals surface area contributed by atoms with Crippen molar-refractivity contribution in [2.45, 2.75) is 6.92 Å². The molecule has 7 nitrogen and oxygen atoms in total. The van der Waals surface area contributed by atoms with Crippen LogP contribution < -0.4 is 16.1 Å². The number of para-hydroxylation sites is 1. The number of nitrogens with one attached hydrogen (secondary N) is 2. The van der Waals surface area contributed by atoms with Crippen LogP contribution in [0.5, 0.6) is 0 Å². The summed E-state index contributed by atoms with van der Waals surface area (Å²) in [6.45, 7) is 1.89. The third-order valence-electron chi connectivity index (χ3n) is 4.35. The molecule has 2 aromatic carbocycles. The lowest BCUT2D eigenvalue weighted by Crippen LogP contribution is -2.09. The van der Waals surface area contributed by atoms with E-state index in [1.165, 1.54) is 24.7 Å². The maximum absolute atomic E-state index is 12.4. The van der Waals surface area contributed by atoms with Gasteiger partial charge in [-0.05, 0) is 49.4 Å². The molecule has 4 rings (SSSR count). The Hall–Kier alpha value is -4.26. The third kappa shape index (κ3) is 4.41. The highest BCUT2D eigenvalue weighted by Crippen LogP contribution is 2.18. The van der Waals surface area contributed by atoms with Gasteiger partial charge in [-0.15, -0.1) is 0 Å². The molecular weight excluding hydrogens is 380 g/mol. The summed E-state index contributed by atoms with van der Waals surface area (Å²) < 4.78 is 5.44. The molecule has 1 amide bonds. The molecule has 0 unspecified atom stereocenters. The monoisotopic (exact) mass is 398 g/mol. The largest absolute Gasteiger partial charge is 0.463 e. The van der Waals surface area contributed by atoms with E-state index in [1.807, 2.05) is 25.1 Å². The SMILES string of the molecule is Cc1cc(Nc2ccc(NC(=O)/C=C/c3coc4ccccc4c3=O)cc2)ncn1. The van der Waals surface area contributed by atoms with Crippen molar-refractivity contribution in [1.82, 2.24) is 9.97 Å². The van der Waals surface area contributed by atoms with Gasteiger partial charge >= 0.3 is 0 Å². The topological polar surface area (TPSA) is 97.1 Å². The Bertz CT molecular complexity index is 1290. The van der Waals surface area contributed by atoms with Crippen LogP contribution in [0.4, 0.5) is 17.2 Å². The molecule has 0 radical (unpaired) electrons. The maximum Gasteiger partial charge on any atom is 0.248 e. The van der Waals surface area contributed by atoms with Gasteiger partial charge in [-0.25, -0.2) is 9.97 Å². The lowest BCUT2D eigenvalue weighted by atomic mass is 10.1. The molecule has 0 fully saturated rings. The van der Waals surface area contributed by atoms with E-state index in [2.05, 4.69) is 20.6 Å². The van der Waals surface area contributed by atoms with Gasteiger partial charge in [-0.3, -0.25) is 9.59 Å². The minimum absolute atomic E-state index is 0.184. The van der Waals surface area contributed by atoms with E-state index in [1.54, 1.807) is 36.4 Å². The van der Waals surface area contributed by atoms with Crippen LogP contribution in [0.2, 0.25) is 0 Å². The predicted octanol–water partition coefficient (Wildman–Crippen LogP) is 4.29. The zero-order valence-electron chi connectivity index (χ0n) is 16.1. The van der Waals surface area contributed by atoms with E-state index in [4.69, 9.17) is 4.42 Å². The highest BCUT2D eigenvalue weighted by molar-refractivity contribution is 6.02. The van der Waals surface area contributed by atoms with Crippen LogP contribution in [0.25, 0.3) is 17.0 Å². The van der Waals surface area contributed by atoms with Crippen LogP contribution in [0.3, 0.4) is 0 Å². The van der Waals surface area contributed by atoms with Gasteiger partial charge in [-0.2, -0.15) is 0 Å². The molecule has 2 aromatic heterocycles. The molecule has 0 aliphatic carbocycles. The van der Waals surface area contributed by atoms with Crippen molar-refractivity contribution in [2.24, 2.45) is 0 Å². The normalized spacial score (nSPS) is 11.0. The van der Waals surface area contributed by atoms with Gasteiger partial charge in [0.15, 0.2) is 5.43 Å². The summed E-state index contributed by atoms with van der Waals surface area (Å²) in [4.78, 5) is 32.9. The molecule has 2 heterocycles. The fourth-order valence-electron chi connectivity index (χ4n) is 2.87. The van der Waals surface area contributed by atoms with E-state index in [9.17, 15) is 9.59 Å². The molecule has 2 N–H and O–H groups in total. The van der Waals surface area contributed by atoms with Crippen LogP contribution in [0.15, 0.2) is 82.5 Å². The predicted molar refractivity (Wildman–Crippen MR) is 117 cm³/mol. The maximum atomic E-state index is 12.4. The van der Waals surface area contributed by atoms with E-state index in [0.29, 0.717) is 28.0 Å². The number of amides is 1. The van der Waals surface area contributed by atoms with Gasteiger partial charge in [0.1, 0.15) is 24.0 Å². The van der Waals surface area contributed by atoms with Gasteiger partial charge in [0.05, 0.1) is 10.9 Å². The van der Waals surface area contributed by atoms with Crippen LogP contribution in [-0.2, 0) is 4.79 Å². The van der Waals surface area contributed by atoms with Crippen LogP contribution in [-0.4, -0.2) is 15.9 Å². The highest BCUT2D eigenvalue weighted by Gasteiger charge is 2.05. The number of fused-ring (bicyclic) bond motifs is 1. The molecule has 0 spiro atoms. The van der Waals surface area contributed by atoms with Crippen molar-refractivity contribution in [1.29, 1.82) is 0 Å². The lowest BCUT2D eigenvalue weighted by Gasteiger charge is -2.07. The minimum atomic E-state index is -0.352. The Morgan fingerprint density at radius 1 is 1.03 bits per heavy atom. The number of hydrogen-bond acceptors (Lipinski definition) is 6. The number of benzene rings is 2. The van der Waals surface area contributed by atoms with Gasteiger partial charge in [0.25, 0.3) is 0 Å². The zero-order valence-corrected chi connectivity index (χ0v) is 16.1. The first-order valence-corrected chi connectivity index (χ1v) is 9.24. The Kier molecular flexibility index (Phi) is 5.34. The molecule has 7 heteroatoms. The van der Waals surface area contributed by atoms with Crippen molar-refractivity contribution in [3.8, 4) is 0 Å². The van der Waals surface area contributed by atoms with Crippen LogP contribution in [0, 0.1) is 6.92 Å². The molecule has 0 aliphatic rings. The second kappa shape index (κ2) is 8.40. The van der Waals surface area contributed by atoms with Gasteiger partial charge in [0.2, 0.25) is 5.91 Å². The molecule has 148 valence electrons. The molecule has 0 aliphatic heterocycles. The van der Waals surface area contributed by atoms with Crippen molar-refractivity contribution in [3.05, 3.63) is 94.7 Å². The Balaban J connectivity index is 1.41. The average Bonchev–Trinajstić information content (AvgIpc) is 2.75. The lowest BCUT2D eigenvalue weighted by molar-refractivity contribution is -0.111. The van der Waals surface area contributed by atoms with Crippen molar-refractivity contribution in [2.75, 3.05) is 10.6 Å². The smallest absolute Gasteiger partial charge is 0.248 e. The molecule has 30 heavy (non-hydrogen) atoms. The van der Waals surface area contributed by atoms with Crippen LogP contribution in [0.1, 0.15) is 11.3 Å². The summed E-state index contributed by atoms with van der Waals surface area (Å²) in [5.41, 5.74) is 2.95. The highest BCUT2D eigenvalue weighted by atomic mass is 16.3. The van der Waals surface area contributed by atoms with E-state index < -0.39 is 0 Å². The number of aromatic nitrogens is 2. The summed E-state index contributed by atoms with van der Waals surface area (Å²) in [6, 6.07) is 16.0. The molecular formula is C23H18N4O3. The molecule has 0 atom stereocenters. The first-order chi connectivity index (χ1) is 14.6. The second-order valence-corrected chi connectivity index (χ2v) is 6.59. The number of carbonyl (C=O) groups is 1. The summed E-state index contributed by atoms with van der Waals surface area (Å²) in [6.07, 6.45) is 5.59.